The van der Waals surface area contributed by atoms with Gasteiger partial charge in [-0.1, -0.05) is 15.9 Å². The van der Waals surface area contributed by atoms with Crippen LogP contribution in [-0.2, 0) is 0 Å². The summed E-state index contributed by atoms with van der Waals surface area (Å²) in [6.07, 6.45) is 0. The van der Waals surface area contributed by atoms with Gasteiger partial charge in [0.2, 0.25) is 0 Å². The van der Waals surface area contributed by atoms with E-state index in [1.165, 1.54) is 0 Å². The molecule has 0 heterocycles. The van der Waals surface area contributed by atoms with Gasteiger partial charge in [-0.15, -0.1) is 0 Å². The average molecular weight is 264 g/mol. The summed E-state index contributed by atoms with van der Waals surface area (Å²) in [4.78, 5) is 0. The van der Waals surface area contributed by atoms with Crippen molar-refractivity contribution in [3.63, 3.8) is 0 Å². The third kappa shape index (κ3) is 3.27. The highest BCUT2D eigenvalue weighted by Gasteiger charge is 2.04. The molecule has 1 aromatic carbocycles. The number of rotatable bonds is 3. The molecule has 76 valence electrons. The minimum absolute atomic E-state index is 0.0736. The van der Waals surface area contributed by atoms with E-state index in [4.69, 9.17) is 10.5 Å². The third-order valence-corrected chi connectivity index (χ3v) is 2.41. The number of nitrogens with one attached hydrogen (secondary N) is 1. The normalized spacial score (nSPS) is 11.2. The van der Waals surface area contributed by atoms with Crippen molar-refractivity contribution in [2.24, 2.45) is 5.92 Å². The fourth-order valence-electron chi connectivity index (χ4n) is 1.07. The molecule has 1 N–H and O–H groups in total. The lowest BCUT2D eigenvalue weighted by Crippen LogP contribution is -2.10. The van der Waals surface area contributed by atoms with E-state index in [2.05, 4.69) is 33.4 Å². The number of nitrogens with zero attached hydrogens (tertiary/aromatic N) is 2. The molecule has 0 aliphatic heterocycles. The Labute approximate surface area is 97.5 Å². The Hall–Kier alpha value is -1.52. The fraction of sp³-hybridized carbons (Fsp3) is 0.273. The molecule has 1 unspecified atom stereocenters. The van der Waals surface area contributed by atoms with Crippen LogP contribution in [0.25, 0.3) is 0 Å². The maximum atomic E-state index is 8.86. The molecule has 0 bridgehead atoms. The predicted molar refractivity (Wildman–Crippen MR) is 62.1 cm³/mol. The molecule has 0 aliphatic carbocycles. The van der Waals surface area contributed by atoms with Crippen molar-refractivity contribution in [3.05, 3.63) is 28.2 Å². The van der Waals surface area contributed by atoms with Gasteiger partial charge in [-0.25, -0.2) is 0 Å². The molecule has 0 aliphatic rings. The van der Waals surface area contributed by atoms with Crippen LogP contribution in [0.15, 0.2) is 22.7 Å². The van der Waals surface area contributed by atoms with Gasteiger partial charge in [0.15, 0.2) is 0 Å². The van der Waals surface area contributed by atoms with E-state index in [-0.39, 0.29) is 5.92 Å². The van der Waals surface area contributed by atoms with Gasteiger partial charge in [0.05, 0.1) is 23.2 Å². The Bertz CT molecular complexity index is 428. The zero-order chi connectivity index (χ0) is 11.3. The minimum Gasteiger partial charge on any atom is -0.383 e. The van der Waals surface area contributed by atoms with E-state index in [9.17, 15) is 0 Å². The molecule has 15 heavy (non-hydrogen) atoms. The first-order valence-electron chi connectivity index (χ1n) is 4.50. The number of hydrogen-bond acceptors (Lipinski definition) is 3. The van der Waals surface area contributed by atoms with Gasteiger partial charge in [0, 0.05) is 11.0 Å². The summed E-state index contributed by atoms with van der Waals surface area (Å²) >= 11 is 3.34. The molecule has 1 atom stereocenters. The largest absolute Gasteiger partial charge is 0.383 e. The van der Waals surface area contributed by atoms with E-state index in [1.54, 1.807) is 6.07 Å². The lowest BCUT2D eigenvalue weighted by Gasteiger charge is -2.09. The molecule has 0 saturated carbocycles. The summed E-state index contributed by atoms with van der Waals surface area (Å²) in [6.45, 7) is 2.37. The molecule has 3 nitrogen and oxygen atoms in total. The summed E-state index contributed by atoms with van der Waals surface area (Å²) in [6, 6.07) is 9.62. The van der Waals surface area contributed by atoms with E-state index < -0.39 is 0 Å². The number of benzene rings is 1. The first-order valence-corrected chi connectivity index (χ1v) is 5.30. The molecular weight excluding hydrogens is 254 g/mol. The first-order chi connectivity index (χ1) is 7.17. The summed E-state index contributed by atoms with van der Waals surface area (Å²) in [7, 11) is 0. The monoisotopic (exact) mass is 263 g/mol. The van der Waals surface area contributed by atoms with Crippen LogP contribution in [0.4, 0.5) is 5.69 Å². The molecule has 0 fully saturated rings. The Morgan fingerprint density at radius 2 is 2.20 bits per heavy atom. The summed E-state index contributed by atoms with van der Waals surface area (Å²) in [5.74, 6) is -0.0736. The van der Waals surface area contributed by atoms with E-state index >= 15 is 0 Å². The van der Waals surface area contributed by atoms with E-state index in [0.717, 1.165) is 10.2 Å². The van der Waals surface area contributed by atoms with Crippen molar-refractivity contribution in [1.29, 1.82) is 10.5 Å². The summed E-state index contributed by atoms with van der Waals surface area (Å²) < 4.78 is 0.911. The molecule has 1 rings (SSSR count). The van der Waals surface area contributed by atoms with Gasteiger partial charge in [0.1, 0.15) is 6.07 Å². The number of nitriles is 2. The quantitative estimate of drug-likeness (QED) is 0.913. The van der Waals surface area contributed by atoms with Crippen LogP contribution in [0, 0.1) is 28.6 Å². The zero-order valence-electron chi connectivity index (χ0n) is 8.29. The molecule has 0 saturated heterocycles. The first kappa shape index (κ1) is 11.6. The van der Waals surface area contributed by atoms with Gasteiger partial charge in [-0.2, -0.15) is 10.5 Å². The van der Waals surface area contributed by atoms with Crippen LogP contribution in [0.1, 0.15) is 12.5 Å². The average Bonchev–Trinajstić information content (AvgIpc) is 2.26. The molecule has 0 radical (unpaired) electrons. The van der Waals surface area contributed by atoms with E-state index in [0.29, 0.717) is 12.1 Å². The van der Waals surface area contributed by atoms with Crippen LogP contribution < -0.4 is 5.32 Å². The van der Waals surface area contributed by atoms with Crippen LogP contribution in [-0.4, -0.2) is 6.54 Å². The van der Waals surface area contributed by atoms with Crippen LogP contribution in [0.5, 0.6) is 0 Å². The highest BCUT2D eigenvalue weighted by atomic mass is 79.9. The fourth-order valence-corrected chi connectivity index (χ4v) is 1.43. The number of hydrogen-bond donors (Lipinski definition) is 1. The van der Waals surface area contributed by atoms with Crippen LogP contribution in [0.2, 0.25) is 0 Å². The highest BCUT2D eigenvalue weighted by Crippen LogP contribution is 2.20. The van der Waals surface area contributed by atoms with Crippen molar-refractivity contribution < 1.29 is 0 Å². The van der Waals surface area contributed by atoms with Crippen molar-refractivity contribution in [2.75, 3.05) is 11.9 Å². The maximum absolute atomic E-state index is 8.86. The van der Waals surface area contributed by atoms with Gasteiger partial charge >= 0.3 is 0 Å². The Morgan fingerprint density at radius 3 is 2.80 bits per heavy atom. The second kappa shape index (κ2) is 5.38. The molecule has 1 aromatic rings. The Morgan fingerprint density at radius 1 is 1.47 bits per heavy atom. The molecule has 4 heteroatoms. The predicted octanol–water partition coefficient (Wildman–Crippen LogP) is 2.89. The van der Waals surface area contributed by atoms with Crippen molar-refractivity contribution >= 4 is 21.6 Å². The molecule has 0 amide bonds. The molecule has 0 spiro atoms. The summed E-state index contributed by atoms with van der Waals surface area (Å²) in [5, 5.41) is 20.6. The van der Waals surface area contributed by atoms with Gasteiger partial charge in [-0.05, 0) is 25.1 Å². The van der Waals surface area contributed by atoms with Crippen LogP contribution >= 0.6 is 15.9 Å². The van der Waals surface area contributed by atoms with E-state index in [1.807, 2.05) is 19.1 Å². The molecule has 0 aromatic heterocycles. The third-order valence-electron chi connectivity index (χ3n) is 1.92. The highest BCUT2D eigenvalue weighted by molar-refractivity contribution is 9.10. The number of anilines is 1. The number of halogens is 1. The second-order valence-electron chi connectivity index (χ2n) is 3.21. The maximum Gasteiger partial charge on any atom is 0.101 e. The van der Waals surface area contributed by atoms with Crippen molar-refractivity contribution in [3.8, 4) is 12.1 Å². The molecular formula is C11H10BrN3. The summed E-state index contributed by atoms with van der Waals surface area (Å²) in [5.41, 5.74) is 1.34. The van der Waals surface area contributed by atoms with Gasteiger partial charge < -0.3 is 5.32 Å². The van der Waals surface area contributed by atoms with Crippen LogP contribution in [0.3, 0.4) is 0 Å². The zero-order valence-corrected chi connectivity index (χ0v) is 9.87. The van der Waals surface area contributed by atoms with Gasteiger partial charge in [-0.3, -0.25) is 0 Å². The Balaban J connectivity index is 2.81. The Kier molecular flexibility index (Phi) is 4.15. The SMILES string of the molecule is CC(C#N)CNc1cc(Br)ccc1C#N. The minimum atomic E-state index is -0.0736. The standard InChI is InChI=1S/C11H10BrN3/c1-8(5-13)7-15-11-4-10(12)3-2-9(11)6-14/h2-4,8,15H,7H2,1H3. The van der Waals surface area contributed by atoms with Crippen molar-refractivity contribution in [1.82, 2.24) is 0 Å². The van der Waals surface area contributed by atoms with Crippen molar-refractivity contribution in [2.45, 2.75) is 6.92 Å². The smallest absolute Gasteiger partial charge is 0.101 e. The second-order valence-corrected chi connectivity index (χ2v) is 4.13. The lowest BCUT2D eigenvalue weighted by molar-refractivity contribution is 0.786. The lowest BCUT2D eigenvalue weighted by atomic mass is 10.1. The van der Waals surface area contributed by atoms with Gasteiger partial charge in [0.25, 0.3) is 0 Å². The topological polar surface area (TPSA) is 59.6 Å².